The average Bonchev–Trinajstić information content (AvgIpc) is 3.79. The molecule has 7 aromatic carbocycles. The van der Waals surface area contributed by atoms with Gasteiger partial charge in [-0.05, 0) is 117 Å². The first-order valence-electron chi connectivity index (χ1n) is 24.5. The highest BCUT2D eigenvalue weighted by Gasteiger charge is 2.43. The van der Waals surface area contributed by atoms with E-state index in [1.807, 2.05) is 0 Å². The smallest absolute Gasteiger partial charge is 0.0973 e. The van der Waals surface area contributed by atoms with Crippen molar-refractivity contribution in [3.8, 4) is 67.0 Å². The van der Waals surface area contributed by atoms with Crippen molar-refractivity contribution in [2.75, 3.05) is 0 Å². The summed E-state index contributed by atoms with van der Waals surface area (Å²) in [5.74, 6) is 0. The summed E-state index contributed by atoms with van der Waals surface area (Å²) in [4.78, 5) is 10.6. The molecule has 0 unspecified atom stereocenters. The van der Waals surface area contributed by atoms with E-state index < -0.39 is 0 Å². The van der Waals surface area contributed by atoms with Gasteiger partial charge in [0.25, 0.3) is 0 Å². The summed E-state index contributed by atoms with van der Waals surface area (Å²) in [6.07, 6.45) is 14.5. The standard InChI is InChI=1S/C62H62N2/c1-5-9-37-61(38-10-6-2)53-21-15-13-19-49(53)51-35-33-47(41-55(51)61)43-25-29-45(30-26-43)59-60(64-58-24-18-17-23-57(58)63-59)46-31-27-44(28-32-46)48-34-36-52-50-20-14-16-22-54(50)62(39-11-7-3,40-12-8-4)56(52)42-48/h13-36,41-42H,5-12,37-40H2,1-4H3. The lowest BCUT2D eigenvalue weighted by atomic mass is 9.70. The van der Waals surface area contributed by atoms with Crippen molar-refractivity contribution < 1.29 is 0 Å². The number of fused-ring (bicyclic) bond motifs is 7. The van der Waals surface area contributed by atoms with Crippen LogP contribution in [0, 0.1) is 0 Å². The van der Waals surface area contributed by atoms with Crippen LogP contribution < -0.4 is 0 Å². The molecule has 1 aromatic heterocycles. The van der Waals surface area contributed by atoms with Crippen molar-refractivity contribution in [3.63, 3.8) is 0 Å². The number of benzene rings is 7. The van der Waals surface area contributed by atoms with Crippen LogP contribution in [0.1, 0.15) is 127 Å². The monoisotopic (exact) mass is 834 g/mol. The first-order valence-corrected chi connectivity index (χ1v) is 24.5. The summed E-state index contributed by atoms with van der Waals surface area (Å²) in [6.45, 7) is 9.31. The van der Waals surface area contributed by atoms with Crippen molar-refractivity contribution in [1.82, 2.24) is 9.97 Å². The van der Waals surface area contributed by atoms with Gasteiger partial charge in [0.05, 0.1) is 22.4 Å². The van der Waals surface area contributed by atoms with Crippen LogP contribution in [0.5, 0.6) is 0 Å². The Kier molecular flexibility index (Phi) is 11.6. The normalized spacial score (nSPS) is 14.0. The second-order valence-electron chi connectivity index (χ2n) is 18.8. The van der Waals surface area contributed by atoms with Crippen LogP contribution >= 0.6 is 0 Å². The summed E-state index contributed by atoms with van der Waals surface area (Å²) in [5, 5.41) is 0. The Morgan fingerprint density at radius 1 is 0.312 bits per heavy atom. The quantitative estimate of drug-likeness (QED) is 0.0969. The number of aromatic nitrogens is 2. The van der Waals surface area contributed by atoms with Gasteiger partial charge in [-0.25, -0.2) is 9.97 Å². The third kappa shape index (κ3) is 7.20. The second-order valence-corrected chi connectivity index (χ2v) is 18.8. The molecule has 64 heavy (non-hydrogen) atoms. The van der Waals surface area contributed by atoms with E-state index in [4.69, 9.17) is 9.97 Å². The largest absolute Gasteiger partial charge is 0.244 e. The Bertz CT molecular complexity index is 2720. The van der Waals surface area contributed by atoms with Crippen LogP contribution in [0.3, 0.4) is 0 Å². The van der Waals surface area contributed by atoms with Crippen molar-refractivity contribution in [2.24, 2.45) is 0 Å². The number of hydrogen-bond donors (Lipinski definition) is 0. The molecule has 0 saturated heterocycles. The van der Waals surface area contributed by atoms with E-state index in [9.17, 15) is 0 Å². The van der Waals surface area contributed by atoms with E-state index in [2.05, 4.69) is 185 Å². The van der Waals surface area contributed by atoms with E-state index in [1.54, 1.807) is 0 Å². The zero-order valence-electron chi connectivity index (χ0n) is 38.4. The van der Waals surface area contributed by atoms with Crippen LogP contribution in [-0.2, 0) is 10.8 Å². The van der Waals surface area contributed by atoms with Gasteiger partial charge in [0.2, 0.25) is 0 Å². The molecular formula is C62H62N2. The molecule has 0 spiro atoms. The van der Waals surface area contributed by atoms with Crippen LogP contribution in [0.25, 0.3) is 78.1 Å². The number of unbranched alkanes of at least 4 members (excludes halogenated alkanes) is 4. The molecule has 10 rings (SSSR count). The predicted octanol–water partition coefficient (Wildman–Crippen LogP) is 17.6. The van der Waals surface area contributed by atoms with Gasteiger partial charge >= 0.3 is 0 Å². The van der Waals surface area contributed by atoms with Crippen LogP contribution in [-0.4, -0.2) is 9.97 Å². The van der Waals surface area contributed by atoms with Crippen molar-refractivity contribution in [1.29, 1.82) is 0 Å². The highest BCUT2D eigenvalue weighted by molar-refractivity contribution is 5.89. The molecule has 0 N–H and O–H groups in total. The van der Waals surface area contributed by atoms with E-state index in [-0.39, 0.29) is 10.8 Å². The second kappa shape index (κ2) is 17.8. The molecule has 0 radical (unpaired) electrons. The van der Waals surface area contributed by atoms with Gasteiger partial charge < -0.3 is 0 Å². The first kappa shape index (κ1) is 41.9. The molecule has 0 bridgehead atoms. The van der Waals surface area contributed by atoms with E-state index in [1.165, 1.54) is 144 Å². The fraction of sp³-hybridized carbons (Fsp3) is 0.290. The molecule has 0 atom stereocenters. The van der Waals surface area contributed by atoms with Gasteiger partial charge in [-0.1, -0.05) is 213 Å². The summed E-state index contributed by atoms with van der Waals surface area (Å²) in [6, 6.07) is 59.3. The molecule has 2 aliphatic rings. The fourth-order valence-corrected chi connectivity index (χ4v) is 11.6. The minimum atomic E-state index is 0.0687. The van der Waals surface area contributed by atoms with Gasteiger partial charge in [0.1, 0.15) is 0 Å². The lowest BCUT2D eigenvalue weighted by Crippen LogP contribution is -2.25. The maximum absolute atomic E-state index is 5.31. The molecule has 0 aliphatic heterocycles. The topological polar surface area (TPSA) is 25.8 Å². The minimum Gasteiger partial charge on any atom is -0.244 e. The zero-order chi connectivity index (χ0) is 43.7. The molecule has 0 saturated carbocycles. The molecule has 2 heteroatoms. The van der Waals surface area contributed by atoms with Gasteiger partial charge in [-0.15, -0.1) is 0 Å². The first-order chi connectivity index (χ1) is 31.5. The Hall–Kier alpha value is -6.12. The van der Waals surface area contributed by atoms with Gasteiger partial charge in [0, 0.05) is 22.0 Å². The third-order valence-corrected chi connectivity index (χ3v) is 14.9. The highest BCUT2D eigenvalue weighted by Crippen LogP contribution is 2.56. The third-order valence-electron chi connectivity index (χ3n) is 14.9. The molecule has 320 valence electrons. The van der Waals surface area contributed by atoms with Crippen LogP contribution in [0.15, 0.2) is 158 Å². The number of hydrogen-bond acceptors (Lipinski definition) is 2. The Labute approximate surface area is 381 Å². The van der Waals surface area contributed by atoms with Gasteiger partial charge in [-0.3, -0.25) is 0 Å². The average molecular weight is 835 g/mol. The van der Waals surface area contributed by atoms with Crippen molar-refractivity contribution in [2.45, 2.75) is 116 Å². The highest BCUT2D eigenvalue weighted by atomic mass is 14.8. The maximum Gasteiger partial charge on any atom is 0.0973 e. The Morgan fingerprint density at radius 3 is 1.00 bits per heavy atom. The molecule has 8 aromatic rings. The minimum absolute atomic E-state index is 0.0687. The molecule has 2 nitrogen and oxygen atoms in total. The fourth-order valence-electron chi connectivity index (χ4n) is 11.6. The lowest BCUT2D eigenvalue weighted by molar-refractivity contribution is 0.414. The van der Waals surface area contributed by atoms with E-state index in [0.717, 1.165) is 33.5 Å². The van der Waals surface area contributed by atoms with Gasteiger partial charge in [0.15, 0.2) is 0 Å². The zero-order valence-corrected chi connectivity index (χ0v) is 38.4. The number of para-hydroxylation sites is 2. The summed E-state index contributed by atoms with van der Waals surface area (Å²) in [7, 11) is 0. The maximum atomic E-state index is 5.31. The van der Waals surface area contributed by atoms with Crippen molar-refractivity contribution >= 4 is 11.0 Å². The lowest BCUT2D eigenvalue weighted by Gasteiger charge is -2.33. The molecule has 2 aliphatic carbocycles. The Balaban J connectivity index is 0.998. The molecule has 1 heterocycles. The molecule has 0 amide bonds. The summed E-state index contributed by atoms with van der Waals surface area (Å²) < 4.78 is 0. The molecular weight excluding hydrogens is 773 g/mol. The number of nitrogens with zero attached hydrogens (tertiary/aromatic N) is 2. The Morgan fingerprint density at radius 2 is 0.625 bits per heavy atom. The van der Waals surface area contributed by atoms with E-state index in [0.29, 0.717) is 0 Å². The van der Waals surface area contributed by atoms with E-state index >= 15 is 0 Å². The SMILES string of the molecule is CCCCC1(CCCC)c2ccccc2-c2ccc(-c3ccc(-c4nc5ccccc5nc4-c4ccc(-c5ccc6c(c5)C(CCCC)(CCCC)c5ccccc5-6)cc4)cc3)cc21. The summed E-state index contributed by atoms with van der Waals surface area (Å²) >= 11 is 0. The predicted molar refractivity (Wildman–Crippen MR) is 272 cm³/mol. The number of rotatable bonds is 16. The van der Waals surface area contributed by atoms with Crippen LogP contribution in [0.4, 0.5) is 0 Å². The van der Waals surface area contributed by atoms with Gasteiger partial charge in [-0.2, -0.15) is 0 Å². The molecule has 0 fully saturated rings. The summed E-state index contributed by atoms with van der Waals surface area (Å²) in [5.41, 5.74) is 22.7. The van der Waals surface area contributed by atoms with Crippen LogP contribution in [0.2, 0.25) is 0 Å². The van der Waals surface area contributed by atoms with Crippen molar-refractivity contribution in [3.05, 3.63) is 180 Å².